The molecule has 0 saturated heterocycles. The Morgan fingerprint density at radius 1 is 1.33 bits per heavy atom. The number of amides is 1. The van der Waals surface area contributed by atoms with Crippen molar-refractivity contribution in [1.82, 2.24) is 5.32 Å². The summed E-state index contributed by atoms with van der Waals surface area (Å²) in [5.74, 6) is -1.31. The Bertz CT molecular complexity index is 373. The zero-order valence-electron chi connectivity index (χ0n) is 11.0. The van der Waals surface area contributed by atoms with Crippen molar-refractivity contribution in [3.05, 3.63) is 24.3 Å². The standard InChI is InChI=1S/C14H21NO3/c1-3-4-5-9-12(16)15-14(13(17)18)10-7-6-8-11(14)2/h3-5,9,11H,6-8,10H2,1-2H3,(H,15,16)(H,17,18). The van der Waals surface area contributed by atoms with Crippen molar-refractivity contribution in [3.8, 4) is 0 Å². The van der Waals surface area contributed by atoms with E-state index < -0.39 is 11.5 Å². The Balaban J connectivity index is 2.80. The molecule has 0 aliphatic heterocycles. The molecule has 1 amide bonds. The highest BCUT2D eigenvalue weighted by molar-refractivity contribution is 5.93. The average molecular weight is 251 g/mol. The van der Waals surface area contributed by atoms with Crippen LogP contribution in [0.4, 0.5) is 0 Å². The summed E-state index contributed by atoms with van der Waals surface area (Å²) >= 11 is 0. The normalized spacial score (nSPS) is 28.7. The fourth-order valence-electron chi connectivity index (χ4n) is 2.42. The summed E-state index contributed by atoms with van der Waals surface area (Å²) in [5.41, 5.74) is -1.10. The Kier molecular flexibility index (Phi) is 5.13. The molecule has 0 bridgehead atoms. The van der Waals surface area contributed by atoms with E-state index in [9.17, 15) is 14.7 Å². The topological polar surface area (TPSA) is 66.4 Å². The van der Waals surface area contributed by atoms with Gasteiger partial charge in [-0.1, -0.05) is 38.0 Å². The van der Waals surface area contributed by atoms with E-state index in [0.717, 1.165) is 19.3 Å². The molecule has 100 valence electrons. The van der Waals surface area contributed by atoms with Crippen LogP contribution in [0.3, 0.4) is 0 Å². The first-order chi connectivity index (χ1) is 8.53. The van der Waals surface area contributed by atoms with Crippen LogP contribution in [0.15, 0.2) is 24.3 Å². The second kappa shape index (κ2) is 6.38. The Hall–Kier alpha value is -1.58. The van der Waals surface area contributed by atoms with Gasteiger partial charge in [-0.05, 0) is 25.7 Å². The first kappa shape index (κ1) is 14.5. The Morgan fingerprint density at radius 2 is 2.06 bits per heavy atom. The fourth-order valence-corrected chi connectivity index (χ4v) is 2.42. The third kappa shape index (κ3) is 3.22. The van der Waals surface area contributed by atoms with Crippen molar-refractivity contribution in [2.45, 2.75) is 45.1 Å². The molecule has 0 aromatic carbocycles. The second-order valence-electron chi connectivity index (χ2n) is 4.80. The quantitative estimate of drug-likeness (QED) is 0.595. The molecule has 0 aromatic heterocycles. The van der Waals surface area contributed by atoms with Crippen molar-refractivity contribution < 1.29 is 14.7 Å². The average Bonchev–Trinajstić information content (AvgIpc) is 2.32. The molecule has 1 aliphatic rings. The van der Waals surface area contributed by atoms with Gasteiger partial charge in [-0.25, -0.2) is 4.79 Å². The lowest BCUT2D eigenvalue weighted by atomic mass is 9.73. The van der Waals surface area contributed by atoms with Gasteiger partial charge < -0.3 is 10.4 Å². The van der Waals surface area contributed by atoms with Gasteiger partial charge in [-0.3, -0.25) is 4.79 Å². The van der Waals surface area contributed by atoms with Gasteiger partial charge in [0.05, 0.1) is 0 Å². The highest BCUT2D eigenvalue weighted by Crippen LogP contribution is 2.33. The Labute approximate surface area is 108 Å². The first-order valence-corrected chi connectivity index (χ1v) is 6.38. The maximum absolute atomic E-state index is 11.7. The maximum Gasteiger partial charge on any atom is 0.329 e. The van der Waals surface area contributed by atoms with Crippen LogP contribution in [0.25, 0.3) is 0 Å². The highest BCUT2D eigenvalue weighted by atomic mass is 16.4. The lowest BCUT2D eigenvalue weighted by Crippen LogP contribution is -2.59. The van der Waals surface area contributed by atoms with Crippen LogP contribution in [0.5, 0.6) is 0 Å². The number of nitrogens with one attached hydrogen (secondary N) is 1. The highest BCUT2D eigenvalue weighted by Gasteiger charge is 2.45. The molecular formula is C14H21NO3. The number of allylic oxidation sites excluding steroid dienone is 3. The molecule has 1 aliphatic carbocycles. The van der Waals surface area contributed by atoms with Gasteiger partial charge in [-0.2, -0.15) is 0 Å². The van der Waals surface area contributed by atoms with Crippen molar-refractivity contribution in [1.29, 1.82) is 0 Å². The summed E-state index contributed by atoms with van der Waals surface area (Å²) in [6.07, 6.45) is 9.73. The van der Waals surface area contributed by atoms with Crippen molar-refractivity contribution in [2.75, 3.05) is 0 Å². The number of aliphatic carboxylic acids is 1. The van der Waals surface area contributed by atoms with Gasteiger partial charge in [-0.15, -0.1) is 0 Å². The minimum absolute atomic E-state index is 0.0391. The summed E-state index contributed by atoms with van der Waals surface area (Å²) in [6.45, 7) is 3.74. The molecule has 18 heavy (non-hydrogen) atoms. The molecule has 0 heterocycles. The van der Waals surface area contributed by atoms with Crippen LogP contribution in [-0.2, 0) is 9.59 Å². The zero-order valence-corrected chi connectivity index (χ0v) is 11.0. The molecule has 4 heteroatoms. The monoisotopic (exact) mass is 251 g/mol. The number of hydrogen-bond donors (Lipinski definition) is 2. The third-order valence-electron chi connectivity index (χ3n) is 3.58. The van der Waals surface area contributed by atoms with E-state index in [1.54, 1.807) is 18.2 Å². The van der Waals surface area contributed by atoms with E-state index >= 15 is 0 Å². The predicted molar refractivity (Wildman–Crippen MR) is 70.1 cm³/mol. The van der Waals surface area contributed by atoms with Gasteiger partial charge in [0.15, 0.2) is 0 Å². The summed E-state index contributed by atoms with van der Waals surface area (Å²) in [4.78, 5) is 23.2. The molecule has 2 N–H and O–H groups in total. The van der Waals surface area contributed by atoms with Gasteiger partial charge in [0, 0.05) is 6.08 Å². The van der Waals surface area contributed by atoms with Crippen molar-refractivity contribution >= 4 is 11.9 Å². The summed E-state index contributed by atoms with van der Waals surface area (Å²) in [6, 6.07) is 0. The molecule has 4 nitrogen and oxygen atoms in total. The van der Waals surface area contributed by atoms with Crippen LogP contribution in [0, 0.1) is 5.92 Å². The van der Waals surface area contributed by atoms with E-state index in [-0.39, 0.29) is 11.8 Å². The lowest BCUT2D eigenvalue weighted by Gasteiger charge is -2.39. The van der Waals surface area contributed by atoms with E-state index in [2.05, 4.69) is 5.32 Å². The molecular weight excluding hydrogens is 230 g/mol. The van der Waals surface area contributed by atoms with Crippen LogP contribution in [0.1, 0.15) is 39.5 Å². The van der Waals surface area contributed by atoms with Crippen LogP contribution in [-0.4, -0.2) is 22.5 Å². The third-order valence-corrected chi connectivity index (χ3v) is 3.58. The number of carboxylic acid groups (broad SMARTS) is 1. The molecule has 0 radical (unpaired) electrons. The van der Waals surface area contributed by atoms with Crippen LogP contribution < -0.4 is 5.32 Å². The fraction of sp³-hybridized carbons (Fsp3) is 0.571. The predicted octanol–water partition coefficient (Wildman–Crippen LogP) is 2.27. The molecule has 2 unspecified atom stereocenters. The first-order valence-electron chi connectivity index (χ1n) is 6.38. The second-order valence-corrected chi connectivity index (χ2v) is 4.80. The molecule has 0 spiro atoms. The van der Waals surface area contributed by atoms with Crippen LogP contribution in [0.2, 0.25) is 0 Å². The van der Waals surface area contributed by atoms with Gasteiger partial charge >= 0.3 is 5.97 Å². The lowest BCUT2D eigenvalue weighted by molar-refractivity contribution is -0.151. The van der Waals surface area contributed by atoms with E-state index in [1.165, 1.54) is 6.08 Å². The van der Waals surface area contributed by atoms with E-state index in [1.807, 2.05) is 13.8 Å². The zero-order chi connectivity index (χ0) is 13.6. The van der Waals surface area contributed by atoms with E-state index in [0.29, 0.717) is 6.42 Å². The van der Waals surface area contributed by atoms with Crippen LogP contribution >= 0.6 is 0 Å². The minimum atomic E-state index is -1.10. The molecule has 1 fully saturated rings. The summed E-state index contributed by atoms with van der Waals surface area (Å²) in [5, 5.41) is 12.1. The summed E-state index contributed by atoms with van der Waals surface area (Å²) < 4.78 is 0. The number of carbonyl (C=O) groups excluding carboxylic acids is 1. The molecule has 2 atom stereocenters. The largest absolute Gasteiger partial charge is 0.479 e. The van der Waals surface area contributed by atoms with Gasteiger partial charge in [0.1, 0.15) is 5.54 Å². The number of hydrogen-bond acceptors (Lipinski definition) is 2. The minimum Gasteiger partial charge on any atom is -0.479 e. The Morgan fingerprint density at radius 3 is 2.61 bits per heavy atom. The molecule has 1 rings (SSSR count). The van der Waals surface area contributed by atoms with E-state index in [4.69, 9.17) is 0 Å². The van der Waals surface area contributed by atoms with Gasteiger partial charge in [0.25, 0.3) is 0 Å². The maximum atomic E-state index is 11.7. The number of rotatable bonds is 4. The van der Waals surface area contributed by atoms with Gasteiger partial charge in [0.2, 0.25) is 5.91 Å². The molecule has 1 saturated carbocycles. The smallest absolute Gasteiger partial charge is 0.329 e. The summed E-state index contributed by atoms with van der Waals surface area (Å²) in [7, 11) is 0. The van der Waals surface area contributed by atoms with Crippen molar-refractivity contribution in [3.63, 3.8) is 0 Å². The van der Waals surface area contributed by atoms with Crippen molar-refractivity contribution in [2.24, 2.45) is 5.92 Å². The number of carbonyl (C=O) groups is 2. The number of carboxylic acids is 1. The molecule has 0 aromatic rings. The SMILES string of the molecule is CC=CC=CC(=O)NC1(C(=O)O)CCCCC1C.